The van der Waals surface area contributed by atoms with E-state index in [2.05, 4.69) is 15.3 Å². The quantitative estimate of drug-likeness (QED) is 0.722. The van der Waals surface area contributed by atoms with Crippen LogP contribution in [0.25, 0.3) is 11.0 Å². The number of halogens is 3. The molecular formula is C15H12F3N3. The van der Waals surface area contributed by atoms with Gasteiger partial charge in [-0.3, -0.25) is 0 Å². The number of imidazole rings is 1. The van der Waals surface area contributed by atoms with Gasteiger partial charge >= 0.3 is 6.18 Å². The summed E-state index contributed by atoms with van der Waals surface area (Å²) in [5.41, 5.74) is 1.45. The highest BCUT2D eigenvalue weighted by Crippen LogP contribution is 2.35. The Balaban J connectivity index is 1.98. The van der Waals surface area contributed by atoms with Crippen molar-refractivity contribution in [3.63, 3.8) is 0 Å². The van der Waals surface area contributed by atoms with Gasteiger partial charge in [-0.2, -0.15) is 13.2 Å². The van der Waals surface area contributed by atoms with E-state index in [0.717, 1.165) is 17.1 Å². The van der Waals surface area contributed by atoms with Gasteiger partial charge in [-0.15, -0.1) is 0 Å². The molecule has 1 aromatic heterocycles. The molecule has 0 amide bonds. The van der Waals surface area contributed by atoms with Crippen LogP contribution in [-0.4, -0.2) is 9.97 Å². The van der Waals surface area contributed by atoms with E-state index in [9.17, 15) is 13.2 Å². The Bertz CT molecular complexity index is 757. The van der Waals surface area contributed by atoms with Crippen LogP contribution in [0, 0.1) is 6.92 Å². The van der Waals surface area contributed by atoms with Gasteiger partial charge in [0.15, 0.2) is 0 Å². The lowest BCUT2D eigenvalue weighted by Crippen LogP contribution is -2.09. The van der Waals surface area contributed by atoms with Gasteiger partial charge < -0.3 is 10.3 Å². The van der Waals surface area contributed by atoms with Crippen molar-refractivity contribution < 1.29 is 13.2 Å². The minimum Gasteiger partial charge on any atom is -0.326 e. The third-order valence-electron chi connectivity index (χ3n) is 3.28. The molecular weight excluding hydrogens is 279 g/mol. The van der Waals surface area contributed by atoms with E-state index in [1.807, 2.05) is 24.3 Å². The second-order valence-electron chi connectivity index (χ2n) is 4.70. The summed E-state index contributed by atoms with van der Waals surface area (Å²) in [7, 11) is 0. The van der Waals surface area contributed by atoms with E-state index < -0.39 is 11.7 Å². The standard InChI is InChI=1S/C15H12F3N3/c1-9-10(15(16,17)18)5-4-8-11(9)19-14-20-12-6-2-3-7-13(12)21-14/h2-8H,1H3,(H2,19,20,21). The fourth-order valence-corrected chi connectivity index (χ4v) is 2.22. The summed E-state index contributed by atoms with van der Waals surface area (Å²) in [6, 6.07) is 11.4. The molecule has 2 aromatic carbocycles. The van der Waals surface area contributed by atoms with Crippen LogP contribution in [0.15, 0.2) is 42.5 Å². The number of nitrogens with zero attached hydrogens (tertiary/aromatic N) is 1. The van der Waals surface area contributed by atoms with Gasteiger partial charge in [0.1, 0.15) is 0 Å². The molecule has 1 heterocycles. The van der Waals surface area contributed by atoms with Crippen molar-refractivity contribution in [2.24, 2.45) is 0 Å². The van der Waals surface area contributed by atoms with Crippen molar-refractivity contribution in [1.29, 1.82) is 0 Å². The normalized spacial score (nSPS) is 11.8. The predicted octanol–water partition coefficient (Wildman–Crippen LogP) is 4.63. The molecule has 3 nitrogen and oxygen atoms in total. The lowest BCUT2D eigenvalue weighted by atomic mass is 10.1. The number of H-pyrrole nitrogens is 1. The van der Waals surface area contributed by atoms with Crippen LogP contribution in [0.2, 0.25) is 0 Å². The van der Waals surface area contributed by atoms with Gasteiger partial charge in [-0.05, 0) is 36.8 Å². The number of hydrogen-bond donors (Lipinski definition) is 2. The van der Waals surface area contributed by atoms with Crippen molar-refractivity contribution in [2.75, 3.05) is 5.32 Å². The third kappa shape index (κ3) is 2.56. The van der Waals surface area contributed by atoms with Gasteiger partial charge in [0.25, 0.3) is 0 Å². The molecule has 3 rings (SSSR count). The Kier molecular flexibility index (Phi) is 3.08. The molecule has 0 aliphatic rings. The number of aromatic nitrogens is 2. The first kappa shape index (κ1) is 13.5. The average Bonchev–Trinajstić information content (AvgIpc) is 2.82. The Morgan fingerprint density at radius 3 is 2.52 bits per heavy atom. The SMILES string of the molecule is Cc1c(Nc2nc3ccccc3[nH]2)cccc1C(F)(F)F. The minimum atomic E-state index is -4.37. The van der Waals surface area contributed by atoms with E-state index >= 15 is 0 Å². The minimum absolute atomic E-state index is 0.144. The van der Waals surface area contributed by atoms with Crippen molar-refractivity contribution in [2.45, 2.75) is 13.1 Å². The number of nitrogens with one attached hydrogen (secondary N) is 2. The molecule has 6 heteroatoms. The first-order valence-electron chi connectivity index (χ1n) is 6.34. The smallest absolute Gasteiger partial charge is 0.326 e. The highest BCUT2D eigenvalue weighted by atomic mass is 19.4. The number of benzene rings is 2. The Morgan fingerprint density at radius 1 is 1.05 bits per heavy atom. The number of para-hydroxylation sites is 2. The van der Waals surface area contributed by atoms with Gasteiger partial charge in [0, 0.05) is 5.69 Å². The second kappa shape index (κ2) is 4.80. The Hall–Kier alpha value is -2.50. The molecule has 0 atom stereocenters. The van der Waals surface area contributed by atoms with Crippen molar-refractivity contribution in [1.82, 2.24) is 9.97 Å². The third-order valence-corrected chi connectivity index (χ3v) is 3.28. The summed E-state index contributed by atoms with van der Waals surface area (Å²) in [4.78, 5) is 7.32. The lowest BCUT2D eigenvalue weighted by molar-refractivity contribution is -0.138. The van der Waals surface area contributed by atoms with Crippen LogP contribution in [0.1, 0.15) is 11.1 Å². The Morgan fingerprint density at radius 2 is 1.81 bits per heavy atom. The largest absolute Gasteiger partial charge is 0.416 e. The molecule has 0 spiro atoms. The summed E-state index contributed by atoms with van der Waals surface area (Å²) in [6.45, 7) is 1.44. The van der Waals surface area contributed by atoms with E-state index in [-0.39, 0.29) is 5.56 Å². The van der Waals surface area contributed by atoms with Crippen molar-refractivity contribution >= 4 is 22.7 Å². The van der Waals surface area contributed by atoms with E-state index in [1.54, 1.807) is 6.07 Å². The molecule has 2 N–H and O–H groups in total. The highest BCUT2D eigenvalue weighted by molar-refractivity contribution is 5.78. The van der Waals surface area contributed by atoms with Gasteiger partial charge in [0.2, 0.25) is 5.95 Å². The number of rotatable bonds is 2. The van der Waals surface area contributed by atoms with Gasteiger partial charge in [-0.1, -0.05) is 18.2 Å². The van der Waals surface area contributed by atoms with Crippen LogP contribution >= 0.6 is 0 Å². The fourth-order valence-electron chi connectivity index (χ4n) is 2.22. The molecule has 0 unspecified atom stereocenters. The van der Waals surface area contributed by atoms with E-state index in [0.29, 0.717) is 11.6 Å². The van der Waals surface area contributed by atoms with Gasteiger partial charge in [-0.25, -0.2) is 4.98 Å². The fraction of sp³-hybridized carbons (Fsp3) is 0.133. The van der Waals surface area contributed by atoms with Crippen molar-refractivity contribution in [3.05, 3.63) is 53.6 Å². The second-order valence-corrected chi connectivity index (χ2v) is 4.70. The number of aromatic amines is 1. The molecule has 0 fully saturated rings. The van der Waals surface area contributed by atoms with Crippen LogP contribution in [-0.2, 0) is 6.18 Å². The number of hydrogen-bond acceptors (Lipinski definition) is 2. The topological polar surface area (TPSA) is 40.7 Å². The molecule has 0 saturated carbocycles. The molecule has 0 aliphatic carbocycles. The zero-order chi connectivity index (χ0) is 15.0. The molecule has 0 bridgehead atoms. The maximum absolute atomic E-state index is 12.9. The zero-order valence-corrected chi connectivity index (χ0v) is 11.1. The average molecular weight is 291 g/mol. The first-order chi connectivity index (χ1) is 9.95. The van der Waals surface area contributed by atoms with Crippen LogP contribution in [0.3, 0.4) is 0 Å². The molecule has 0 radical (unpaired) electrons. The molecule has 108 valence electrons. The van der Waals surface area contributed by atoms with E-state index in [4.69, 9.17) is 0 Å². The Labute approximate surface area is 118 Å². The zero-order valence-electron chi connectivity index (χ0n) is 11.1. The number of alkyl halides is 3. The molecule has 3 aromatic rings. The summed E-state index contributed by atoms with van der Waals surface area (Å²) in [5.74, 6) is 0.415. The monoisotopic (exact) mass is 291 g/mol. The number of anilines is 2. The molecule has 21 heavy (non-hydrogen) atoms. The summed E-state index contributed by atoms with van der Waals surface area (Å²) >= 11 is 0. The summed E-state index contributed by atoms with van der Waals surface area (Å²) in [6.07, 6.45) is -4.37. The molecule has 0 aliphatic heterocycles. The highest BCUT2D eigenvalue weighted by Gasteiger charge is 2.32. The first-order valence-corrected chi connectivity index (χ1v) is 6.34. The van der Waals surface area contributed by atoms with Crippen molar-refractivity contribution in [3.8, 4) is 0 Å². The lowest BCUT2D eigenvalue weighted by Gasteiger charge is -2.14. The van der Waals surface area contributed by atoms with Crippen LogP contribution in [0.4, 0.5) is 24.8 Å². The molecule has 0 saturated heterocycles. The van der Waals surface area contributed by atoms with Crippen LogP contribution in [0.5, 0.6) is 0 Å². The summed E-state index contributed by atoms with van der Waals surface area (Å²) in [5, 5.41) is 2.91. The van der Waals surface area contributed by atoms with Gasteiger partial charge in [0.05, 0.1) is 16.6 Å². The maximum Gasteiger partial charge on any atom is 0.416 e. The number of fused-ring (bicyclic) bond motifs is 1. The predicted molar refractivity (Wildman–Crippen MR) is 75.6 cm³/mol. The summed E-state index contributed by atoms with van der Waals surface area (Å²) < 4.78 is 38.7. The van der Waals surface area contributed by atoms with Crippen LogP contribution < -0.4 is 5.32 Å². The van der Waals surface area contributed by atoms with E-state index in [1.165, 1.54) is 13.0 Å². The maximum atomic E-state index is 12.9.